The normalized spacial score (nSPS) is 32.2. The summed E-state index contributed by atoms with van der Waals surface area (Å²) in [5.74, 6) is 0. The summed E-state index contributed by atoms with van der Waals surface area (Å²) in [4.78, 5) is 5.13. The molecule has 2 aliphatic rings. The minimum Gasteiger partial charge on any atom is -0.380 e. The van der Waals surface area contributed by atoms with Crippen molar-refractivity contribution in [3.05, 3.63) is 0 Å². The molecule has 0 aromatic carbocycles. The first kappa shape index (κ1) is 11.4. The zero-order valence-corrected chi connectivity index (χ0v) is 9.95. The fraction of sp³-hybridized carbons (Fsp3) is 1.00. The van der Waals surface area contributed by atoms with E-state index >= 15 is 0 Å². The molecule has 3 heteroatoms. The van der Waals surface area contributed by atoms with E-state index in [2.05, 4.69) is 16.8 Å². The summed E-state index contributed by atoms with van der Waals surface area (Å²) < 4.78 is 5.52. The van der Waals surface area contributed by atoms with Gasteiger partial charge in [-0.2, -0.15) is 0 Å². The van der Waals surface area contributed by atoms with Gasteiger partial charge in [0.05, 0.1) is 6.61 Å². The summed E-state index contributed by atoms with van der Waals surface area (Å²) in [6.45, 7) is 6.83. The van der Waals surface area contributed by atoms with E-state index in [0.717, 1.165) is 25.8 Å². The van der Waals surface area contributed by atoms with Gasteiger partial charge < -0.3 is 9.64 Å². The zero-order valence-electron chi connectivity index (χ0n) is 9.95. The number of ether oxygens (including phenoxy) is 1. The fourth-order valence-corrected chi connectivity index (χ4v) is 2.72. The molecule has 15 heavy (non-hydrogen) atoms. The van der Waals surface area contributed by atoms with Crippen molar-refractivity contribution in [2.24, 2.45) is 0 Å². The van der Waals surface area contributed by atoms with Gasteiger partial charge in [-0.3, -0.25) is 4.90 Å². The third-order valence-corrected chi connectivity index (χ3v) is 3.69. The van der Waals surface area contributed by atoms with Gasteiger partial charge in [0.15, 0.2) is 0 Å². The van der Waals surface area contributed by atoms with Crippen LogP contribution in [-0.2, 0) is 4.74 Å². The Balaban J connectivity index is 1.84. The molecule has 0 radical (unpaired) electrons. The molecule has 0 aliphatic carbocycles. The first-order chi connectivity index (χ1) is 7.36. The molecule has 1 atom stereocenters. The van der Waals surface area contributed by atoms with Crippen LogP contribution < -0.4 is 0 Å². The molecule has 0 spiro atoms. The average molecular weight is 212 g/mol. The molecular formula is C12H24N2O. The highest BCUT2D eigenvalue weighted by Gasteiger charge is 2.22. The lowest BCUT2D eigenvalue weighted by atomic mass is 10.1. The molecule has 3 nitrogen and oxygen atoms in total. The Bertz CT molecular complexity index is 178. The van der Waals surface area contributed by atoms with E-state index in [4.69, 9.17) is 4.74 Å². The highest BCUT2D eigenvalue weighted by Crippen LogP contribution is 2.17. The fourth-order valence-electron chi connectivity index (χ4n) is 2.72. The maximum Gasteiger partial charge on any atom is 0.0593 e. The second-order valence-electron chi connectivity index (χ2n) is 4.89. The highest BCUT2D eigenvalue weighted by atomic mass is 16.5. The van der Waals surface area contributed by atoms with E-state index < -0.39 is 0 Å². The molecule has 2 fully saturated rings. The van der Waals surface area contributed by atoms with E-state index in [1.54, 1.807) is 0 Å². The van der Waals surface area contributed by atoms with Crippen LogP contribution in [-0.4, -0.2) is 62.3 Å². The standard InChI is InChI=1S/C12H24N2O/c1-13-6-2-4-12(5-8-13)14-7-3-10-15-11-9-14/h12H,2-11H2,1H3. The molecule has 1 unspecified atom stereocenters. The van der Waals surface area contributed by atoms with Gasteiger partial charge >= 0.3 is 0 Å². The summed E-state index contributed by atoms with van der Waals surface area (Å²) in [6, 6.07) is 0.816. The van der Waals surface area contributed by atoms with Crippen molar-refractivity contribution in [2.45, 2.75) is 31.7 Å². The van der Waals surface area contributed by atoms with Gasteiger partial charge in [0.2, 0.25) is 0 Å². The molecule has 0 amide bonds. The summed E-state index contributed by atoms with van der Waals surface area (Å²) >= 11 is 0. The molecular weight excluding hydrogens is 188 g/mol. The van der Waals surface area contributed by atoms with Crippen molar-refractivity contribution >= 4 is 0 Å². The lowest BCUT2D eigenvalue weighted by Gasteiger charge is -2.29. The molecule has 2 saturated heterocycles. The smallest absolute Gasteiger partial charge is 0.0593 e. The molecule has 0 N–H and O–H groups in total. The number of hydrogen-bond donors (Lipinski definition) is 0. The Hall–Kier alpha value is -0.120. The third-order valence-electron chi connectivity index (χ3n) is 3.69. The monoisotopic (exact) mass is 212 g/mol. The van der Waals surface area contributed by atoms with Crippen LogP contribution in [0.15, 0.2) is 0 Å². The van der Waals surface area contributed by atoms with Gasteiger partial charge in [-0.25, -0.2) is 0 Å². The molecule has 2 aliphatic heterocycles. The maximum absolute atomic E-state index is 5.52. The minimum absolute atomic E-state index is 0.816. The predicted octanol–water partition coefficient (Wildman–Crippen LogP) is 1.19. The van der Waals surface area contributed by atoms with Gasteiger partial charge in [0.25, 0.3) is 0 Å². The van der Waals surface area contributed by atoms with Gasteiger partial charge in [-0.15, -0.1) is 0 Å². The first-order valence-electron chi connectivity index (χ1n) is 6.36. The van der Waals surface area contributed by atoms with Crippen LogP contribution in [0.2, 0.25) is 0 Å². The van der Waals surface area contributed by atoms with Gasteiger partial charge in [0, 0.05) is 25.7 Å². The average Bonchev–Trinajstić information content (AvgIpc) is 2.59. The topological polar surface area (TPSA) is 15.7 Å². The van der Waals surface area contributed by atoms with E-state index in [1.807, 2.05) is 0 Å². The zero-order chi connectivity index (χ0) is 10.5. The van der Waals surface area contributed by atoms with E-state index in [9.17, 15) is 0 Å². The lowest BCUT2D eigenvalue weighted by Crippen LogP contribution is -2.37. The number of hydrogen-bond acceptors (Lipinski definition) is 3. The maximum atomic E-state index is 5.52. The molecule has 0 aromatic heterocycles. The molecule has 0 aromatic rings. The molecule has 0 saturated carbocycles. The first-order valence-corrected chi connectivity index (χ1v) is 6.36. The van der Waals surface area contributed by atoms with Crippen LogP contribution in [0.3, 0.4) is 0 Å². The Kier molecular flexibility index (Phi) is 4.42. The second-order valence-corrected chi connectivity index (χ2v) is 4.89. The quantitative estimate of drug-likeness (QED) is 0.649. The number of nitrogens with zero attached hydrogens (tertiary/aromatic N) is 2. The second kappa shape index (κ2) is 5.83. The Morgan fingerprint density at radius 3 is 2.80 bits per heavy atom. The van der Waals surface area contributed by atoms with Crippen LogP contribution in [0.4, 0.5) is 0 Å². The Morgan fingerprint density at radius 1 is 0.933 bits per heavy atom. The van der Waals surface area contributed by atoms with E-state index in [0.29, 0.717) is 0 Å². The molecule has 88 valence electrons. The van der Waals surface area contributed by atoms with Crippen LogP contribution >= 0.6 is 0 Å². The van der Waals surface area contributed by atoms with Crippen LogP contribution in [0.25, 0.3) is 0 Å². The van der Waals surface area contributed by atoms with Crippen molar-refractivity contribution < 1.29 is 4.74 Å². The minimum atomic E-state index is 0.816. The van der Waals surface area contributed by atoms with Gasteiger partial charge in [-0.05, 0) is 45.8 Å². The van der Waals surface area contributed by atoms with Crippen molar-refractivity contribution in [1.29, 1.82) is 0 Å². The summed E-state index contributed by atoms with van der Waals surface area (Å²) in [6.07, 6.45) is 5.30. The van der Waals surface area contributed by atoms with Crippen LogP contribution in [0.5, 0.6) is 0 Å². The Morgan fingerprint density at radius 2 is 1.87 bits per heavy atom. The van der Waals surface area contributed by atoms with Crippen molar-refractivity contribution in [3.8, 4) is 0 Å². The predicted molar refractivity (Wildman–Crippen MR) is 62.1 cm³/mol. The Labute approximate surface area is 93.4 Å². The largest absolute Gasteiger partial charge is 0.380 e. The summed E-state index contributed by atoms with van der Waals surface area (Å²) in [5.41, 5.74) is 0. The van der Waals surface area contributed by atoms with Crippen LogP contribution in [0.1, 0.15) is 25.7 Å². The number of likely N-dealkylation sites (tertiary alicyclic amines) is 1. The highest BCUT2D eigenvalue weighted by molar-refractivity contribution is 4.77. The lowest BCUT2D eigenvalue weighted by molar-refractivity contribution is 0.128. The number of rotatable bonds is 1. The third kappa shape index (κ3) is 3.44. The van der Waals surface area contributed by atoms with Crippen molar-refractivity contribution in [1.82, 2.24) is 9.80 Å². The van der Waals surface area contributed by atoms with Gasteiger partial charge in [-0.1, -0.05) is 0 Å². The van der Waals surface area contributed by atoms with Crippen molar-refractivity contribution in [3.63, 3.8) is 0 Å². The summed E-state index contributed by atoms with van der Waals surface area (Å²) in [7, 11) is 2.24. The van der Waals surface area contributed by atoms with Gasteiger partial charge in [0.1, 0.15) is 0 Å². The van der Waals surface area contributed by atoms with Crippen molar-refractivity contribution in [2.75, 3.05) is 46.4 Å². The van der Waals surface area contributed by atoms with Crippen LogP contribution in [0, 0.1) is 0 Å². The molecule has 2 heterocycles. The van der Waals surface area contributed by atoms with E-state index in [1.165, 1.54) is 45.3 Å². The SMILES string of the molecule is CN1CCCC(N2CCCOCC2)CC1. The molecule has 2 rings (SSSR count). The summed E-state index contributed by atoms with van der Waals surface area (Å²) in [5, 5.41) is 0. The molecule has 0 bridgehead atoms. The van der Waals surface area contributed by atoms with E-state index in [-0.39, 0.29) is 0 Å².